The summed E-state index contributed by atoms with van der Waals surface area (Å²) in [6.45, 7) is 6.17. The smallest absolute Gasteiger partial charge is 0.228 e. The van der Waals surface area contributed by atoms with Crippen LogP contribution in [0.25, 0.3) is 0 Å². The summed E-state index contributed by atoms with van der Waals surface area (Å²) in [4.78, 5) is 28.5. The lowest BCUT2D eigenvalue weighted by Crippen LogP contribution is -2.41. The highest BCUT2D eigenvalue weighted by Gasteiger charge is 2.36. The number of amides is 2. The zero-order chi connectivity index (χ0) is 16.8. The number of hydrogen-bond acceptors (Lipinski definition) is 3. The highest BCUT2D eigenvalue weighted by atomic mass is 16.5. The van der Waals surface area contributed by atoms with Crippen molar-refractivity contribution in [2.45, 2.75) is 32.9 Å². The quantitative estimate of drug-likeness (QED) is 0.772. The Labute approximate surface area is 138 Å². The van der Waals surface area contributed by atoms with Crippen molar-refractivity contribution in [1.82, 2.24) is 9.80 Å². The van der Waals surface area contributed by atoms with Crippen LogP contribution in [0.15, 0.2) is 30.3 Å². The molecule has 0 saturated carbocycles. The number of rotatable bonds is 7. The Morgan fingerprint density at radius 3 is 2.65 bits per heavy atom. The lowest BCUT2D eigenvalue weighted by Gasteiger charge is -2.29. The lowest BCUT2D eigenvalue weighted by atomic mass is 10.1. The van der Waals surface area contributed by atoms with Gasteiger partial charge < -0.3 is 14.5 Å². The molecule has 0 radical (unpaired) electrons. The number of nitrogens with zero attached hydrogens (tertiary/aromatic N) is 2. The standard InChI is InChI=1S/C18H26N2O3/c1-14(2)20(12-15-7-5-4-6-8-15)18(22)16-11-17(21)19(13-16)9-10-23-3/h4-8,14,16H,9-13H2,1-3H3. The van der Waals surface area contributed by atoms with E-state index in [2.05, 4.69) is 0 Å². The number of carbonyl (C=O) groups excluding carboxylic acids is 2. The third-order valence-electron chi connectivity index (χ3n) is 4.23. The number of likely N-dealkylation sites (tertiary alicyclic amines) is 1. The van der Waals surface area contributed by atoms with E-state index >= 15 is 0 Å². The van der Waals surface area contributed by atoms with Gasteiger partial charge in [-0.3, -0.25) is 9.59 Å². The number of carbonyl (C=O) groups is 2. The lowest BCUT2D eigenvalue weighted by molar-refractivity contribution is -0.138. The zero-order valence-electron chi connectivity index (χ0n) is 14.2. The maximum atomic E-state index is 12.9. The first-order valence-electron chi connectivity index (χ1n) is 8.14. The van der Waals surface area contributed by atoms with Crippen molar-refractivity contribution in [3.8, 4) is 0 Å². The van der Waals surface area contributed by atoms with Crippen LogP contribution in [0.4, 0.5) is 0 Å². The first-order valence-corrected chi connectivity index (χ1v) is 8.14. The Kier molecular flexibility index (Phi) is 6.16. The average molecular weight is 318 g/mol. The Hall–Kier alpha value is -1.88. The summed E-state index contributed by atoms with van der Waals surface area (Å²) in [5.74, 6) is -0.133. The van der Waals surface area contributed by atoms with E-state index in [1.807, 2.05) is 49.1 Å². The van der Waals surface area contributed by atoms with Crippen LogP contribution >= 0.6 is 0 Å². The molecule has 1 saturated heterocycles. The largest absolute Gasteiger partial charge is 0.383 e. The number of benzene rings is 1. The van der Waals surface area contributed by atoms with Crippen molar-refractivity contribution in [3.63, 3.8) is 0 Å². The first kappa shape index (κ1) is 17.5. The van der Waals surface area contributed by atoms with Crippen molar-refractivity contribution in [1.29, 1.82) is 0 Å². The van der Waals surface area contributed by atoms with Gasteiger partial charge in [-0.25, -0.2) is 0 Å². The van der Waals surface area contributed by atoms with Gasteiger partial charge in [0, 0.05) is 39.2 Å². The van der Waals surface area contributed by atoms with Gasteiger partial charge in [-0.05, 0) is 19.4 Å². The average Bonchev–Trinajstić information content (AvgIpc) is 2.91. The summed E-state index contributed by atoms with van der Waals surface area (Å²) in [6, 6.07) is 10.1. The van der Waals surface area contributed by atoms with Crippen LogP contribution in [0.5, 0.6) is 0 Å². The Bertz CT molecular complexity index is 530. The summed E-state index contributed by atoms with van der Waals surface area (Å²) in [7, 11) is 1.61. The molecule has 5 nitrogen and oxygen atoms in total. The zero-order valence-corrected chi connectivity index (χ0v) is 14.2. The predicted octanol–water partition coefficient (Wildman–Crippen LogP) is 1.92. The topological polar surface area (TPSA) is 49.9 Å². The van der Waals surface area contributed by atoms with Crippen LogP contribution in [0.2, 0.25) is 0 Å². The van der Waals surface area contributed by atoms with Crippen molar-refractivity contribution in [3.05, 3.63) is 35.9 Å². The second kappa shape index (κ2) is 8.11. The molecule has 2 amide bonds. The Morgan fingerprint density at radius 2 is 2.04 bits per heavy atom. The van der Waals surface area contributed by atoms with Crippen LogP contribution in [0.3, 0.4) is 0 Å². The first-order chi connectivity index (χ1) is 11.0. The molecular weight excluding hydrogens is 292 g/mol. The van der Waals surface area contributed by atoms with E-state index < -0.39 is 0 Å². The SMILES string of the molecule is COCCN1CC(C(=O)N(Cc2ccccc2)C(C)C)CC1=O. The fourth-order valence-corrected chi connectivity index (χ4v) is 2.88. The fourth-order valence-electron chi connectivity index (χ4n) is 2.88. The minimum atomic E-state index is -0.245. The molecule has 1 aromatic carbocycles. The summed E-state index contributed by atoms with van der Waals surface area (Å²) in [6.07, 6.45) is 0.306. The van der Waals surface area contributed by atoms with Crippen LogP contribution in [-0.4, -0.2) is 54.5 Å². The molecule has 1 unspecified atom stereocenters. The number of methoxy groups -OCH3 is 1. The summed E-state index contributed by atoms with van der Waals surface area (Å²) in [5.41, 5.74) is 1.11. The van der Waals surface area contributed by atoms with E-state index in [0.717, 1.165) is 5.56 Å². The maximum Gasteiger partial charge on any atom is 0.228 e. The normalized spacial score (nSPS) is 17.8. The van der Waals surface area contributed by atoms with Gasteiger partial charge in [-0.1, -0.05) is 30.3 Å². The molecule has 1 heterocycles. The predicted molar refractivity (Wildman–Crippen MR) is 88.7 cm³/mol. The van der Waals surface area contributed by atoms with E-state index in [-0.39, 0.29) is 23.8 Å². The van der Waals surface area contributed by atoms with Crippen LogP contribution in [-0.2, 0) is 20.9 Å². The Balaban J connectivity index is 2.02. The number of ether oxygens (including phenoxy) is 1. The van der Waals surface area contributed by atoms with Gasteiger partial charge in [-0.2, -0.15) is 0 Å². The van der Waals surface area contributed by atoms with E-state index in [9.17, 15) is 9.59 Å². The third-order valence-corrected chi connectivity index (χ3v) is 4.23. The molecule has 1 atom stereocenters. The fraction of sp³-hybridized carbons (Fsp3) is 0.556. The maximum absolute atomic E-state index is 12.9. The molecular formula is C18H26N2O3. The van der Waals surface area contributed by atoms with Crippen molar-refractivity contribution < 1.29 is 14.3 Å². The molecule has 0 aromatic heterocycles. The minimum absolute atomic E-state index is 0.0452. The molecule has 0 N–H and O–H groups in total. The van der Waals surface area contributed by atoms with Crippen molar-refractivity contribution in [2.24, 2.45) is 5.92 Å². The minimum Gasteiger partial charge on any atom is -0.383 e. The Morgan fingerprint density at radius 1 is 1.35 bits per heavy atom. The highest BCUT2D eigenvalue weighted by Crippen LogP contribution is 2.22. The van der Waals surface area contributed by atoms with Crippen molar-refractivity contribution >= 4 is 11.8 Å². The molecule has 2 rings (SSSR count). The van der Waals surface area contributed by atoms with E-state index in [0.29, 0.717) is 32.7 Å². The molecule has 1 fully saturated rings. The van der Waals surface area contributed by atoms with E-state index in [1.165, 1.54) is 0 Å². The van der Waals surface area contributed by atoms with Gasteiger partial charge in [-0.15, -0.1) is 0 Å². The molecule has 1 aliphatic rings. The van der Waals surface area contributed by atoms with Crippen LogP contribution in [0, 0.1) is 5.92 Å². The van der Waals surface area contributed by atoms with E-state index in [1.54, 1.807) is 12.0 Å². The summed E-state index contributed by atoms with van der Waals surface area (Å²) < 4.78 is 5.02. The molecule has 0 spiro atoms. The molecule has 0 aliphatic carbocycles. The molecule has 0 bridgehead atoms. The van der Waals surface area contributed by atoms with E-state index in [4.69, 9.17) is 4.74 Å². The van der Waals surface area contributed by atoms with Gasteiger partial charge in [0.05, 0.1) is 12.5 Å². The molecule has 23 heavy (non-hydrogen) atoms. The van der Waals surface area contributed by atoms with Crippen molar-refractivity contribution in [2.75, 3.05) is 26.8 Å². The van der Waals surface area contributed by atoms with Crippen LogP contribution < -0.4 is 0 Å². The molecule has 5 heteroatoms. The van der Waals surface area contributed by atoms with Gasteiger partial charge in [0.1, 0.15) is 0 Å². The second-order valence-corrected chi connectivity index (χ2v) is 6.28. The molecule has 1 aromatic rings. The highest BCUT2D eigenvalue weighted by molar-refractivity contribution is 5.89. The van der Waals surface area contributed by atoms with Gasteiger partial charge in [0.15, 0.2) is 0 Å². The second-order valence-electron chi connectivity index (χ2n) is 6.28. The third kappa shape index (κ3) is 4.55. The monoisotopic (exact) mass is 318 g/mol. The van der Waals surface area contributed by atoms with Gasteiger partial charge >= 0.3 is 0 Å². The summed E-state index contributed by atoms with van der Waals surface area (Å²) in [5, 5.41) is 0. The van der Waals surface area contributed by atoms with Gasteiger partial charge in [0.2, 0.25) is 11.8 Å². The van der Waals surface area contributed by atoms with Gasteiger partial charge in [0.25, 0.3) is 0 Å². The molecule has 126 valence electrons. The number of hydrogen-bond donors (Lipinski definition) is 0. The van der Waals surface area contributed by atoms with Crippen LogP contribution in [0.1, 0.15) is 25.8 Å². The summed E-state index contributed by atoms with van der Waals surface area (Å²) >= 11 is 0. The molecule has 1 aliphatic heterocycles.